The summed E-state index contributed by atoms with van der Waals surface area (Å²) in [5.74, 6) is 0.492. The lowest BCUT2D eigenvalue weighted by molar-refractivity contribution is -0.136. The highest BCUT2D eigenvalue weighted by molar-refractivity contribution is 8.00. The summed E-state index contributed by atoms with van der Waals surface area (Å²) in [6, 6.07) is 10.3. The van der Waals surface area contributed by atoms with Gasteiger partial charge in [-0.2, -0.15) is 0 Å². The zero-order valence-electron chi connectivity index (χ0n) is 10.4. The standard InChI is InChI=1S/C14H19NOS/c1-11(17-12-7-4-3-5-8-12)13-9-6-10-15(2)14(13)16/h3-5,7-8,11,13H,6,9-10H2,1-2H3/t11-,13-/m0/s1. The molecule has 2 atom stereocenters. The van der Waals surface area contributed by atoms with Gasteiger partial charge in [0.2, 0.25) is 5.91 Å². The molecule has 1 fully saturated rings. The van der Waals surface area contributed by atoms with Crippen LogP contribution in [0.5, 0.6) is 0 Å². The molecule has 1 aromatic rings. The molecule has 0 aliphatic carbocycles. The Labute approximate surface area is 107 Å². The van der Waals surface area contributed by atoms with Gasteiger partial charge >= 0.3 is 0 Å². The number of amides is 1. The van der Waals surface area contributed by atoms with Gasteiger partial charge in [0, 0.05) is 23.7 Å². The first-order valence-electron chi connectivity index (χ1n) is 6.15. The molecule has 0 saturated carbocycles. The quantitative estimate of drug-likeness (QED) is 0.767. The highest BCUT2D eigenvalue weighted by Crippen LogP contribution is 2.32. The van der Waals surface area contributed by atoms with Crippen LogP contribution in [-0.2, 0) is 4.79 Å². The number of hydrogen-bond acceptors (Lipinski definition) is 2. The first-order chi connectivity index (χ1) is 8.18. The number of thioether (sulfide) groups is 1. The third-order valence-electron chi connectivity index (χ3n) is 3.33. The molecule has 0 bridgehead atoms. The van der Waals surface area contributed by atoms with Gasteiger partial charge in [-0.15, -0.1) is 11.8 Å². The fraction of sp³-hybridized carbons (Fsp3) is 0.500. The fourth-order valence-corrected chi connectivity index (χ4v) is 3.46. The SMILES string of the molecule is C[C@H](Sc1ccccc1)[C@@H]1CCCN(C)C1=O. The number of likely N-dealkylation sites (tertiary alicyclic amines) is 1. The molecule has 17 heavy (non-hydrogen) atoms. The maximum Gasteiger partial charge on any atom is 0.226 e. The van der Waals surface area contributed by atoms with Crippen LogP contribution in [0.15, 0.2) is 35.2 Å². The molecule has 2 rings (SSSR count). The zero-order valence-corrected chi connectivity index (χ0v) is 11.2. The molecule has 0 spiro atoms. The van der Waals surface area contributed by atoms with E-state index in [0.29, 0.717) is 11.2 Å². The minimum atomic E-state index is 0.180. The van der Waals surface area contributed by atoms with Crippen molar-refractivity contribution in [2.75, 3.05) is 13.6 Å². The molecular formula is C14H19NOS. The molecule has 1 saturated heterocycles. The highest BCUT2D eigenvalue weighted by atomic mass is 32.2. The second-order valence-electron chi connectivity index (χ2n) is 4.64. The number of nitrogens with zero attached hydrogens (tertiary/aromatic N) is 1. The van der Waals surface area contributed by atoms with Crippen LogP contribution in [0.25, 0.3) is 0 Å². The van der Waals surface area contributed by atoms with E-state index in [9.17, 15) is 4.79 Å². The average molecular weight is 249 g/mol. The van der Waals surface area contributed by atoms with E-state index in [-0.39, 0.29) is 5.92 Å². The predicted octanol–water partition coefficient (Wildman–Crippen LogP) is 3.04. The topological polar surface area (TPSA) is 20.3 Å². The Morgan fingerprint density at radius 1 is 1.35 bits per heavy atom. The van der Waals surface area contributed by atoms with Crippen LogP contribution in [-0.4, -0.2) is 29.6 Å². The summed E-state index contributed by atoms with van der Waals surface area (Å²) in [6.07, 6.45) is 2.16. The molecular weight excluding hydrogens is 230 g/mol. The summed E-state index contributed by atoms with van der Waals surface area (Å²) in [5.41, 5.74) is 0. The predicted molar refractivity (Wildman–Crippen MR) is 72.1 cm³/mol. The Morgan fingerprint density at radius 2 is 2.06 bits per heavy atom. The van der Waals surface area contributed by atoms with Crippen LogP contribution in [0.4, 0.5) is 0 Å². The van der Waals surface area contributed by atoms with Gasteiger partial charge in [0.15, 0.2) is 0 Å². The largest absolute Gasteiger partial charge is 0.345 e. The van der Waals surface area contributed by atoms with Crippen LogP contribution < -0.4 is 0 Å². The van der Waals surface area contributed by atoms with Crippen molar-refractivity contribution in [1.29, 1.82) is 0 Å². The Morgan fingerprint density at radius 3 is 2.76 bits per heavy atom. The molecule has 1 amide bonds. The minimum absolute atomic E-state index is 0.180. The van der Waals surface area contributed by atoms with Crippen molar-refractivity contribution in [3.63, 3.8) is 0 Å². The molecule has 92 valence electrons. The fourth-order valence-electron chi connectivity index (χ4n) is 2.30. The molecule has 2 nitrogen and oxygen atoms in total. The molecule has 1 heterocycles. The van der Waals surface area contributed by atoms with E-state index >= 15 is 0 Å². The van der Waals surface area contributed by atoms with Crippen molar-refractivity contribution in [1.82, 2.24) is 4.90 Å². The van der Waals surface area contributed by atoms with Gasteiger partial charge in [-0.1, -0.05) is 25.1 Å². The zero-order chi connectivity index (χ0) is 12.3. The molecule has 0 aromatic heterocycles. The Balaban J connectivity index is 2.00. The van der Waals surface area contributed by atoms with Crippen molar-refractivity contribution in [3.05, 3.63) is 30.3 Å². The van der Waals surface area contributed by atoms with Crippen LogP contribution >= 0.6 is 11.8 Å². The Bertz CT molecular complexity index is 379. The van der Waals surface area contributed by atoms with Crippen LogP contribution in [0.2, 0.25) is 0 Å². The van der Waals surface area contributed by atoms with E-state index in [1.165, 1.54) is 4.90 Å². The molecule has 0 unspecified atom stereocenters. The summed E-state index contributed by atoms with van der Waals surface area (Å²) in [6.45, 7) is 3.08. The van der Waals surface area contributed by atoms with E-state index in [4.69, 9.17) is 0 Å². The number of carbonyl (C=O) groups is 1. The summed E-state index contributed by atoms with van der Waals surface area (Å²) in [5, 5.41) is 0.354. The van der Waals surface area contributed by atoms with Crippen molar-refractivity contribution in [3.8, 4) is 0 Å². The van der Waals surface area contributed by atoms with Gasteiger partial charge < -0.3 is 4.90 Å². The highest BCUT2D eigenvalue weighted by Gasteiger charge is 2.31. The van der Waals surface area contributed by atoms with Crippen molar-refractivity contribution in [2.45, 2.75) is 29.9 Å². The van der Waals surface area contributed by atoms with Crippen molar-refractivity contribution < 1.29 is 4.79 Å². The van der Waals surface area contributed by atoms with Gasteiger partial charge in [-0.25, -0.2) is 0 Å². The molecule has 0 N–H and O–H groups in total. The third-order valence-corrected chi connectivity index (χ3v) is 4.58. The first kappa shape index (κ1) is 12.5. The van der Waals surface area contributed by atoms with Gasteiger partial charge in [-0.3, -0.25) is 4.79 Å². The lowest BCUT2D eigenvalue weighted by Gasteiger charge is -2.32. The molecule has 1 aromatic carbocycles. The maximum atomic E-state index is 12.1. The van der Waals surface area contributed by atoms with Crippen molar-refractivity contribution in [2.24, 2.45) is 5.92 Å². The molecule has 0 radical (unpaired) electrons. The van der Waals surface area contributed by atoms with Gasteiger partial charge in [-0.05, 0) is 25.0 Å². The number of rotatable bonds is 3. The second kappa shape index (κ2) is 5.58. The smallest absolute Gasteiger partial charge is 0.226 e. The lowest BCUT2D eigenvalue weighted by Crippen LogP contribution is -2.41. The summed E-state index contributed by atoms with van der Waals surface area (Å²) in [4.78, 5) is 15.2. The van der Waals surface area contributed by atoms with E-state index < -0.39 is 0 Å². The summed E-state index contributed by atoms with van der Waals surface area (Å²) in [7, 11) is 1.91. The maximum absolute atomic E-state index is 12.1. The van der Waals surface area contributed by atoms with Crippen molar-refractivity contribution >= 4 is 17.7 Å². The van der Waals surface area contributed by atoms with E-state index in [1.54, 1.807) is 0 Å². The number of carbonyl (C=O) groups excluding carboxylic acids is 1. The molecule has 3 heteroatoms. The number of piperidine rings is 1. The van der Waals surface area contributed by atoms with Gasteiger partial charge in [0.05, 0.1) is 5.92 Å². The monoisotopic (exact) mass is 249 g/mol. The van der Waals surface area contributed by atoms with E-state index in [2.05, 4.69) is 19.1 Å². The average Bonchev–Trinajstić information content (AvgIpc) is 2.34. The van der Waals surface area contributed by atoms with Crippen LogP contribution in [0, 0.1) is 5.92 Å². The minimum Gasteiger partial charge on any atom is -0.345 e. The third kappa shape index (κ3) is 3.03. The Kier molecular flexibility index (Phi) is 4.11. The second-order valence-corrected chi connectivity index (χ2v) is 6.10. The Hall–Kier alpha value is -0.960. The molecule has 1 aliphatic heterocycles. The number of hydrogen-bond donors (Lipinski definition) is 0. The van der Waals surface area contributed by atoms with E-state index in [1.807, 2.05) is 41.9 Å². The van der Waals surface area contributed by atoms with E-state index in [0.717, 1.165) is 19.4 Å². The van der Waals surface area contributed by atoms with Gasteiger partial charge in [0.25, 0.3) is 0 Å². The summed E-state index contributed by atoms with van der Waals surface area (Å²) < 4.78 is 0. The van der Waals surface area contributed by atoms with Gasteiger partial charge in [0.1, 0.15) is 0 Å². The summed E-state index contributed by atoms with van der Waals surface area (Å²) >= 11 is 1.81. The van der Waals surface area contributed by atoms with Crippen LogP contribution in [0.1, 0.15) is 19.8 Å². The first-order valence-corrected chi connectivity index (χ1v) is 7.03. The van der Waals surface area contributed by atoms with Crippen LogP contribution in [0.3, 0.4) is 0 Å². The molecule has 1 aliphatic rings. The lowest BCUT2D eigenvalue weighted by atomic mass is 9.95. The number of benzene rings is 1. The normalized spacial score (nSPS) is 22.6.